The lowest BCUT2D eigenvalue weighted by Gasteiger charge is -2.13. The lowest BCUT2D eigenvalue weighted by molar-refractivity contribution is 1.30. The highest BCUT2D eigenvalue weighted by atomic mass is 14.6. The summed E-state index contributed by atoms with van der Waals surface area (Å²) in [5.74, 6) is 0. The summed E-state index contributed by atoms with van der Waals surface area (Å²) < 4.78 is 0. The molecule has 0 saturated carbocycles. The van der Waals surface area contributed by atoms with Crippen LogP contribution in [-0.4, -0.2) is 29.9 Å². The highest BCUT2D eigenvalue weighted by Gasteiger charge is 2.12. The second-order valence-electron chi connectivity index (χ2n) is 9.89. The number of nitrogens with zero attached hydrogens (tertiary/aromatic N) is 6. The van der Waals surface area contributed by atoms with Crippen molar-refractivity contribution in [3.8, 4) is 66.8 Å². The predicted molar refractivity (Wildman–Crippen MR) is 166 cm³/mol. The Kier molecular flexibility index (Phi) is 6.76. The van der Waals surface area contributed by atoms with Gasteiger partial charge in [0.05, 0.1) is 0 Å². The fourth-order valence-electron chi connectivity index (χ4n) is 5.03. The summed E-state index contributed by atoms with van der Waals surface area (Å²) in [5.41, 5.74) is 12.5. The van der Waals surface area contributed by atoms with Crippen molar-refractivity contribution in [2.24, 2.45) is 0 Å². The van der Waals surface area contributed by atoms with Gasteiger partial charge in [0.25, 0.3) is 0 Å². The van der Waals surface area contributed by atoms with E-state index in [0.29, 0.717) is 0 Å². The highest BCUT2D eigenvalue weighted by molar-refractivity contribution is 5.84. The molecule has 1 aromatic carbocycles. The third-order valence-corrected chi connectivity index (χ3v) is 7.19. The van der Waals surface area contributed by atoms with Crippen LogP contribution in [0, 0.1) is 0 Å². The Hall–Kier alpha value is -5.88. The SMILES string of the molecule is c1cc(-c2cncc(-c3cc(-c4cncc(-c5ccncc5)c4)cc(-c4cncc(-c5ccncc5)c4)c3)c2)ccn1. The van der Waals surface area contributed by atoms with Gasteiger partial charge in [-0.15, -0.1) is 0 Å². The van der Waals surface area contributed by atoms with Crippen LogP contribution in [0.1, 0.15) is 0 Å². The summed E-state index contributed by atoms with van der Waals surface area (Å²) in [6, 6.07) is 25.1. The van der Waals surface area contributed by atoms with Crippen molar-refractivity contribution in [3.05, 3.63) is 147 Å². The quantitative estimate of drug-likeness (QED) is 0.212. The first kappa shape index (κ1) is 25.1. The van der Waals surface area contributed by atoms with Crippen LogP contribution >= 0.6 is 0 Å². The third kappa shape index (κ3) is 5.29. The van der Waals surface area contributed by atoms with E-state index in [0.717, 1.165) is 66.8 Å². The zero-order chi connectivity index (χ0) is 28.1. The molecule has 6 heteroatoms. The van der Waals surface area contributed by atoms with E-state index in [1.165, 1.54) is 0 Å². The van der Waals surface area contributed by atoms with E-state index in [9.17, 15) is 0 Å². The van der Waals surface area contributed by atoms with Crippen LogP contribution in [0.2, 0.25) is 0 Å². The van der Waals surface area contributed by atoms with Crippen molar-refractivity contribution in [1.29, 1.82) is 0 Å². The van der Waals surface area contributed by atoms with Gasteiger partial charge < -0.3 is 0 Å². The minimum absolute atomic E-state index is 1.02. The Morgan fingerprint density at radius 2 is 0.429 bits per heavy atom. The molecule has 0 unspecified atom stereocenters. The molecular weight excluding hydrogens is 516 g/mol. The van der Waals surface area contributed by atoms with Crippen molar-refractivity contribution < 1.29 is 0 Å². The van der Waals surface area contributed by atoms with Crippen LogP contribution in [0.15, 0.2) is 147 Å². The summed E-state index contributed by atoms with van der Waals surface area (Å²) in [7, 11) is 0. The molecule has 0 N–H and O–H groups in total. The second kappa shape index (κ2) is 11.3. The van der Waals surface area contributed by atoms with Gasteiger partial charge in [-0.1, -0.05) is 0 Å². The van der Waals surface area contributed by atoms with Crippen LogP contribution in [0.5, 0.6) is 0 Å². The zero-order valence-electron chi connectivity index (χ0n) is 22.5. The van der Waals surface area contributed by atoms with Gasteiger partial charge in [0.15, 0.2) is 0 Å². The lowest BCUT2D eigenvalue weighted by Crippen LogP contribution is -1.90. The molecule has 6 nitrogen and oxygen atoms in total. The van der Waals surface area contributed by atoms with Gasteiger partial charge in [-0.3, -0.25) is 29.9 Å². The summed E-state index contributed by atoms with van der Waals surface area (Å²) in [6.45, 7) is 0. The smallest absolute Gasteiger partial charge is 0.0346 e. The number of rotatable bonds is 6. The van der Waals surface area contributed by atoms with E-state index in [1.807, 2.05) is 73.6 Å². The van der Waals surface area contributed by atoms with Crippen molar-refractivity contribution >= 4 is 0 Å². The van der Waals surface area contributed by atoms with Gasteiger partial charge in [0, 0.05) is 108 Å². The van der Waals surface area contributed by atoms with Crippen LogP contribution in [-0.2, 0) is 0 Å². The van der Waals surface area contributed by atoms with Crippen LogP contribution < -0.4 is 0 Å². The predicted octanol–water partition coefficient (Wildman–Crippen LogP) is 8.06. The van der Waals surface area contributed by atoms with E-state index in [4.69, 9.17) is 0 Å². The average Bonchev–Trinajstić information content (AvgIpc) is 3.09. The van der Waals surface area contributed by atoms with Crippen LogP contribution in [0.3, 0.4) is 0 Å². The summed E-state index contributed by atoms with van der Waals surface area (Å²) in [4.78, 5) is 26.3. The highest BCUT2D eigenvalue weighted by Crippen LogP contribution is 2.35. The van der Waals surface area contributed by atoms with Gasteiger partial charge >= 0.3 is 0 Å². The summed E-state index contributed by atoms with van der Waals surface area (Å²) in [6.07, 6.45) is 22.2. The van der Waals surface area contributed by atoms with E-state index >= 15 is 0 Å². The second-order valence-corrected chi connectivity index (χ2v) is 9.89. The Bertz CT molecular complexity index is 1730. The molecule has 0 radical (unpaired) electrons. The molecule has 0 aliphatic rings. The Morgan fingerprint density at radius 1 is 0.214 bits per heavy atom. The molecule has 0 aliphatic heterocycles. The minimum atomic E-state index is 1.02. The molecule has 42 heavy (non-hydrogen) atoms. The monoisotopic (exact) mass is 540 g/mol. The average molecular weight is 541 g/mol. The van der Waals surface area contributed by atoms with Gasteiger partial charge in [0.2, 0.25) is 0 Å². The molecule has 6 aromatic heterocycles. The first-order valence-corrected chi connectivity index (χ1v) is 13.5. The van der Waals surface area contributed by atoms with Gasteiger partial charge in [-0.2, -0.15) is 0 Å². The maximum atomic E-state index is 4.59. The van der Waals surface area contributed by atoms with Crippen molar-refractivity contribution in [1.82, 2.24) is 29.9 Å². The fraction of sp³-hybridized carbons (Fsp3) is 0. The first-order valence-electron chi connectivity index (χ1n) is 13.5. The van der Waals surface area contributed by atoms with Gasteiger partial charge in [-0.05, 0) is 106 Å². The molecule has 0 aliphatic carbocycles. The maximum absolute atomic E-state index is 4.59. The number of aromatic nitrogens is 6. The zero-order valence-corrected chi connectivity index (χ0v) is 22.5. The van der Waals surface area contributed by atoms with E-state index in [2.05, 4.69) is 66.3 Å². The lowest BCUT2D eigenvalue weighted by atomic mass is 9.92. The Morgan fingerprint density at radius 3 is 0.690 bits per heavy atom. The molecule has 0 amide bonds. The minimum Gasteiger partial charge on any atom is -0.265 e. The standard InChI is InChI=1S/C36H24N6/c1-7-37-8-2-25(1)31-16-34(22-40-19-31)28-13-29(35-17-32(20-41-23-35)26-3-9-38-10-4-26)15-30(14-28)36-18-33(21-42-24-36)27-5-11-39-12-6-27/h1-24H. The molecule has 6 heterocycles. The number of benzene rings is 1. The van der Waals surface area contributed by atoms with E-state index in [-0.39, 0.29) is 0 Å². The normalized spacial score (nSPS) is 10.9. The molecular formula is C36H24N6. The largest absolute Gasteiger partial charge is 0.265 e. The summed E-state index contributed by atoms with van der Waals surface area (Å²) in [5, 5.41) is 0. The third-order valence-electron chi connectivity index (χ3n) is 7.19. The maximum Gasteiger partial charge on any atom is 0.0346 e. The van der Waals surface area contributed by atoms with Crippen LogP contribution in [0.4, 0.5) is 0 Å². The Balaban J connectivity index is 1.38. The van der Waals surface area contributed by atoms with Crippen LogP contribution in [0.25, 0.3) is 66.8 Å². The number of hydrogen-bond acceptors (Lipinski definition) is 6. The first-order chi connectivity index (χ1) is 20.8. The van der Waals surface area contributed by atoms with Crippen molar-refractivity contribution in [2.75, 3.05) is 0 Å². The molecule has 7 aromatic rings. The van der Waals surface area contributed by atoms with E-state index < -0.39 is 0 Å². The molecule has 0 saturated heterocycles. The molecule has 0 bridgehead atoms. The summed E-state index contributed by atoms with van der Waals surface area (Å²) >= 11 is 0. The fourth-order valence-corrected chi connectivity index (χ4v) is 5.03. The molecule has 198 valence electrons. The molecule has 7 rings (SSSR count). The van der Waals surface area contributed by atoms with Crippen molar-refractivity contribution in [3.63, 3.8) is 0 Å². The number of pyridine rings is 6. The topological polar surface area (TPSA) is 77.3 Å². The van der Waals surface area contributed by atoms with Gasteiger partial charge in [0.1, 0.15) is 0 Å². The number of hydrogen-bond donors (Lipinski definition) is 0. The molecule has 0 spiro atoms. The van der Waals surface area contributed by atoms with Gasteiger partial charge in [-0.25, -0.2) is 0 Å². The molecule has 0 atom stereocenters. The molecule has 0 fully saturated rings. The van der Waals surface area contributed by atoms with E-state index in [1.54, 1.807) is 37.2 Å². The van der Waals surface area contributed by atoms with Crippen molar-refractivity contribution in [2.45, 2.75) is 0 Å². The Labute approximate surface area is 243 Å².